The van der Waals surface area contributed by atoms with Crippen molar-refractivity contribution >= 4 is 5.91 Å². The molecule has 0 saturated carbocycles. The standard InChI is InChI=1S/C22H28N2O3/c1-2-12-26-19-8-10-20(11-9-19)27-16-22(25)24-14-18(13-23)21(15-24)17-6-4-3-5-7-17/h3-11,18,21H,2,12-16,23H2,1H3/t18-,21+/m1/s1. The lowest BCUT2D eigenvalue weighted by Gasteiger charge is -2.17. The lowest BCUT2D eigenvalue weighted by molar-refractivity contribution is -0.132. The number of carbonyl (C=O) groups excluding carboxylic acids is 1. The second kappa shape index (κ2) is 9.42. The van der Waals surface area contributed by atoms with E-state index in [2.05, 4.69) is 19.1 Å². The molecule has 0 radical (unpaired) electrons. The van der Waals surface area contributed by atoms with Crippen molar-refractivity contribution < 1.29 is 14.3 Å². The van der Waals surface area contributed by atoms with Gasteiger partial charge < -0.3 is 20.1 Å². The molecule has 1 saturated heterocycles. The van der Waals surface area contributed by atoms with Crippen LogP contribution in [0.4, 0.5) is 0 Å². The molecule has 5 heteroatoms. The molecule has 2 atom stereocenters. The van der Waals surface area contributed by atoms with Gasteiger partial charge in [0.15, 0.2) is 6.61 Å². The van der Waals surface area contributed by atoms with E-state index < -0.39 is 0 Å². The van der Waals surface area contributed by atoms with Gasteiger partial charge in [0.05, 0.1) is 6.61 Å². The van der Waals surface area contributed by atoms with E-state index in [0.717, 1.165) is 12.2 Å². The van der Waals surface area contributed by atoms with Crippen molar-refractivity contribution in [2.45, 2.75) is 19.3 Å². The smallest absolute Gasteiger partial charge is 0.260 e. The van der Waals surface area contributed by atoms with Gasteiger partial charge in [-0.15, -0.1) is 0 Å². The van der Waals surface area contributed by atoms with Gasteiger partial charge in [-0.25, -0.2) is 0 Å². The zero-order chi connectivity index (χ0) is 19.1. The van der Waals surface area contributed by atoms with Gasteiger partial charge in [-0.05, 0) is 48.7 Å². The number of rotatable bonds is 8. The van der Waals surface area contributed by atoms with Crippen molar-refractivity contribution in [3.05, 3.63) is 60.2 Å². The summed E-state index contributed by atoms with van der Waals surface area (Å²) in [5.41, 5.74) is 7.20. The Morgan fingerprint density at radius 3 is 2.33 bits per heavy atom. The Morgan fingerprint density at radius 1 is 1.04 bits per heavy atom. The highest BCUT2D eigenvalue weighted by Gasteiger charge is 2.35. The summed E-state index contributed by atoms with van der Waals surface area (Å²) in [7, 11) is 0. The first-order valence-electron chi connectivity index (χ1n) is 9.59. The summed E-state index contributed by atoms with van der Waals surface area (Å²) in [6.07, 6.45) is 0.969. The fourth-order valence-corrected chi connectivity index (χ4v) is 3.48. The first-order valence-corrected chi connectivity index (χ1v) is 9.59. The van der Waals surface area contributed by atoms with E-state index in [4.69, 9.17) is 15.2 Å². The molecule has 1 aliphatic heterocycles. The van der Waals surface area contributed by atoms with E-state index in [1.165, 1.54) is 5.56 Å². The molecule has 5 nitrogen and oxygen atoms in total. The molecule has 0 aliphatic carbocycles. The second-order valence-electron chi connectivity index (χ2n) is 6.92. The molecule has 0 spiro atoms. The van der Waals surface area contributed by atoms with Gasteiger partial charge >= 0.3 is 0 Å². The van der Waals surface area contributed by atoms with E-state index in [1.807, 2.05) is 47.4 Å². The number of ether oxygens (including phenoxy) is 2. The molecule has 27 heavy (non-hydrogen) atoms. The normalized spacial score (nSPS) is 19.1. The largest absolute Gasteiger partial charge is 0.494 e. The van der Waals surface area contributed by atoms with Crippen molar-refractivity contribution in [2.24, 2.45) is 11.7 Å². The van der Waals surface area contributed by atoms with Crippen LogP contribution in [0.5, 0.6) is 11.5 Å². The Kier molecular flexibility index (Phi) is 6.71. The Bertz CT molecular complexity index is 718. The summed E-state index contributed by atoms with van der Waals surface area (Å²) in [5, 5.41) is 0. The number of amides is 1. The second-order valence-corrected chi connectivity index (χ2v) is 6.92. The molecular weight excluding hydrogens is 340 g/mol. The SMILES string of the molecule is CCCOc1ccc(OCC(=O)N2C[C@@H](CN)[C@H](c3ccccc3)C2)cc1. The van der Waals surface area contributed by atoms with Gasteiger partial charge in [-0.1, -0.05) is 37.3 Å². The minimum atomic E-state index is -0.00168. The Labute approximate surface area is 161 Å². The van der Waals surface area contributed by atoms with Crippen LogP contribution in [0.3, 0.4) is 0 Å². The molecule has 3 rings (SSSR count). The van der Waals surface area contributed by atoms with E-state index in [0.29, 0.717) is 32.0 Å². The lowest BCUT2D eigenvalue weighted by atomic mass is 9.89. The zero-order valence-electron chi connectivity index (χ0n) is 15.8. The molecule has 2 aromatic rings. The van der Waals surface area contributed by atoms with Crippen LogP contribution in [0.1, 0.15) is 24.8 Å². The maximum atomic E-state index is 12.6. The van der Waals surface area contributed by atoms with Crippen molar-refractivity contribution in [1.29, 1.82) is 0 Å². The number of nitrogens with two attached hydrogens (primary N) is 1. The first-order chi connectivity index (χ1) is 13.2. The number of likely N-dealkylation sites (tertiary alicyclic amines) is 1. The summed E-state index contributed by atoms with van der Waals surface area (Å²) in [4.78, 5) is 14.5. The summed E-state index contributed by atoms with van der Waals surface area (Å²) in [5.74, 6) is 2.05. The number of carbonyl (C=O) groups is 1. The van der Waals surface area contributed by atoms with E-state index in [9.17, 15) is 4.79 Å². The maximum absolute atomic E-state index is 12.6. The number of benzene rings is 2. The third kappa shape index (κ3) is 5.01. The van der Waals surface area contributed by atoms with Crippen molar-refractivity contribution in [1.82, 2.24) is 4.90 Å². The maximum Gasteiger partial charge on any atom is 0.260 e. The van der Waals surface area contributed by atoms with Crippen LogP contribution >= 0.6 is 0 Å². The molecule has 0 bridgehead atoms. The third-order valence-electron chi connectivity index (χ3n) is 4.98. The average molecular weight is 368 g/mol. The lowest BCUT2D eigenvalue weighted by Crippen LogP contribution is -2.33. The third-order valence-corrected chi connectivity index (χ3v) is 4.98. The molecule has 1 fully saturated rings. The zero-order valence-corrected chi connectivity index (χ0v) is 15.8. The minimum Gasteiger partial charge on any atom is -0.494 e. The average Bonchev–Trinajstić information content (AvgIpc) is 3.16. The fourth-order valence-electron chi connectivity index (χ4n) is 3.48. The van der Waals surface area contributed by atoms with Crippen LogP contribution in [0.25, 0.3) is 0 Å². The quantitative estimate of drug-likeness (QED) is 0.778. The van der Waals surface area contributed by atoms with Crippen LogP contribution in [-0.4, -0.2) is 43.7 Å². The van der Waals surface area contributed by atoms with Gasteiger partial charge in [0, 0.05) is 19.0 Å². The minimum absolute atomic E-state index is 0.00168. The monoisotopic (exact) mass is 368 g/mol. The van der Waals surface area contributed by atoms with Gasteiger partial charge in [0.2, 0.25) is 0 Å². The van der Waals surface area contributed by atoms with Gasteiger partial charge in [0.25, 0.3) is 5.91 Å². The highest BCUT2D eigenvalue weighted by Crippen LogP contribution is 2.32. The van der Waals surface area contributed by atoms with Crippen LogP contribution in [0.15, 0.2) is 54.6 Å². The van der Waals surface area contributed by atoms with Gasteiger partial charge in [-0.3, -0.25) is 4.79 Å². The van der Waals surface area contributed by atoms with Crippen LogP contribution in [0, 0.1) is 5.92 Å². The topological polar surface area (TPSA) is 64.8 Å². The Morgan fingerprint density at radius 2 is 1.70 bits per heavy atom. The van der Waals surface area contributed by atoms with E-state index in [1.54, 1.807) is 0 Å². The summed E-state index contributed by atoms with van der Waals surface area (Å²) in [6.45, 7) is 4.74. The Balaban J connectivity index is 1.54. The molecule has 144 valence electrons. The van der Waals surface area contributed by atoms with Crippen LogP contribution < -0.4 is 15.2 Å². The van der Waals surface area contributed by atoms with E-state index in [-0.39, 0.29) is 24.3 Å². The predicted octanol–water partition coefficient (Wildman–Crippen LogP) is 3.06. The number of nitrogens with zero attached hydrogens (tertiary/aromatic N) is 1. The summed E-state index contributed by atoms with van der Waals surface area (Å²) in [6, 6.07) is 17.7. The summed E-state index contributed by atoms with van der Waals surface area (Å²) >= 11 is 0. The highest BCUT2D eigenvalue weighted by atomic mass is 16.5. The van der Waals surface area contributed by atoms with Crippen molar-refractivity contribution in [3.8, 4) is 11.5 Å². The van der Waals surface area contributed by atoms with Crippen LogP contribution in [0.2, 0.25) is 0 Å². The molecular formula is C22H28N2O3. The molecule has 1 amide bonds. The van der Waals surface area contributed by atoms with Gasteiger partial charge in [-0.2, -0.15) is 0 Å². The molecule has 0 unspecified atom stereocenters. The molecule has 2 N–H and O–H groups in total. The molecule has 1 aliphatic rings. The first kappa shape index (κ1) is 19.2. The Hall–Kier alpha value is -2.53. The molecule has 0 aromatic heterocycles. The van der Waals surface area contributed by atoms with Crippen molar-refractivity contribution in [3.63, 3.8) is 0 Å². The van der Waals surface area contributed by atoms with Crippen LogP contribution in [-0.2, 0) is 4.79 Å². The van der Waals surface area contributed by atoms with Gasteiger partial charge in [0.1, 0.15) is 11.5 Å². The fraction of sp³-hybridized carbons (Fsp3) is 0.409. The number of hydrogen-bond donors (Lipinski definition) is 1. The van der Waals surface area contributed by atoms with E-state index >= 15 is 0 Å². The molecule has 1 heterocycles. The number of hydrogen-bond acceptors (Lipinski definition) is 4. The molecule has 2 aromatic carbocycles. The van der Waals surface area contributed by atoms with Crippen molar-refractivity contribution in [2.75, 3.05) is 32.8 Å². The summed E-state index contributed by atoms with van der Waals surface area (Å²) < 4.78 is 11.2. The highest BCUT2D eigenvalue weighted by molar-refractivity contribution is 5.78. The predicted molar refractivity (Wildman–Crippen MR) is 106 cm³/mol.